The summed E-state index contributed by atoms with van der Waals surface area (Å²) in [6.45, 7) is 4.39. The van der Waals surface area contributed by atoms with Crippen LogP contribution in [-0.2, 0) is 32.7 Å². The van der Waals surface area contributed by atoms with Crippen LogP contribution in [0.15, 0.2) is 60.8 Å². The Kier molecular flexibility index (Phi) is 67.3. The molecule has 0 saturated heterocycles. The lowest BCUT2D eigenvalue weighted by Gasteiger charge is -2.24. The van der Waals surface area contributed by atoms with Crippen LogP contribution in [0.3, 0.4) is 0 Å². The van der Waals surface area contributed by atoms with Crippen molar-refractivity contribution in [3.05, 3.63) is 60.8 Å². The van der Waals surface area contributed by atoms with Gasteiger partial charge in [0.1, 0.15) is 19.8 Å². The maximum absolute atomic E-state index is 12.9. The molecule has 10 heteroatoms. The van der Waals surface area contributed by atoms with E-state index in [1.165, 1.54) is 276 Å². The Balaban J connectivity index is 3.96. The summed E-state index contributed by atoms with van der Waals surface area (Å²) in [6.07, 6.45) is 92.1. The highest BCUT2D eigenvalue weighted by atomic mass is 31.2. The monoisotopic (exact) mass is 1260 g/mol. The number of nitrogens with zero attached hydrogens (tertiary/aromatic N) is 1. The quantitative estimate of drug-likeness (QED) is 0.0211. The number of unbranched alkanes of at least 4 members (excludes halogenated alkanes) is 47. The molecule has 516 valence electrons. The van der Waals surface area contributed by atoms with Crippen LogP contribution in [0.1, 0.15) is 373 Å². The molecule has 1 N–H and O–H groups in total. The number of ether oxygens (including phenoxy) is 2. The van der Waals surface area contributed by atoms with Gasteiger partial charge in [-0.3, -0.25) is 18.6 Å². The van der Waals surface area contributed by atoms with Gasteiger partial charge in [0.05, 0.1) is 27.7 Å². The average Bonchev–Trinajstić information content (AvgIpc) is 3.56. The summed E-state index contributed by atoms with van der Waals surface area (Å²) in [5.41, 5.74) is 0. The van der Waals surface area contributed by atoms with Crippen LogP contribution in [0.2, 0.25) is 0 Å². The predicted molar refractivity (Wildman–Crippen MR) is 381 cm³/mol. The SMILES string of the molecule is CC/C=C\C/C=C\C/C=C\C/C=C\C/C=C\CCCCCCCCCCCCCCCCCCCC(=O)OC(COC(=O)CCCCCCCCCCCCCCCCCCCCCCCCCCCCCCCCC)COP(=O)(O)OCC[N+](C)(C)C. The summed E-state index contributed by atoms with van der Waals surface area (Å²) in [4.78, 5) is 35.9. The molecule has 0 aliphatic rings. The summed E-state index contributed by atoms with van der Waals surface area (Å²) in [6, 6.07) is 0. The van der Waals surface area contributed by atoms with Gasteiger partial charge in [-0.25, -0.2) is 4.57 Å². The smallest absolute Gasteiger partial charge is 0.462 e. The molecular formula is C78H147NO8P+. The third-order valence-electron chi connectivity index (χ3n) is 17.1. The second kappa shape index (κ2) is 69.1. The van der Waals surface area contributed by atoms with Crippen molar-refractivity contribution >= 4 is 19.8 Å². The van der Waals surface area contributed by atoms with Crippen LogP contribution < -0.4 is 0 Å². The minimum absolute atomic E-state index is 0.0335. The minimum atomic E-state index is -4.39. The molecule has 0 aromatic carbocycles. The first kappa shape index (κ1) is 85.7. The molecule has 0 aliphatic carbocycles. The van der Waals surface area contributed by atoms with Crippen molar-refractivity contribution in [1.82, 2.24) is 0 Å². The van der Waals surface area contributed by atoms with E-state index in [1.54, 1.807) is 0 Å². The number of allylic oxidation sites excluding steroid dienone is 10. The van der Waals surface area contributed by atoms with Crippen molar-refractivity contribution in [3.63, 3.8) is 0 Å². The fourth-order valence-corrected chi connectivity index (χ4v) is 12.0. The molecule has 0 aromatic heterocycles. The van der Waals surface area contributed by atoms with E-state index in [9.17, 15) is 19.0 Å². The minimum Gasteiger partial charge on any atom is -0.462 e. The van der Waals surface area contributed by atoms with E-state index in [4.69, 9.17) is 18.5 Å². The molecule has 0 amide bonds. The van der Waals surface area contributed by atoms with Gasteiger partial charge in [-0.05, 0) is 57.8 Å². The first-order chi connectivity index (χ1) is 43.0. The summed E-state index contributed by atoms with van der Waals surface area (Å²) < 4.78 is 34.8. The van der Waals surface area contributed by atoms with Gasteiger partial charge in [-0.1, -0.05) is 364 Å². The first-order valence-corrected chi connectivity index (χ1v) is 39.5. The highest BCUT2D eigenvalue weighted by Crippen LogP contribution is 2.43. The number of esters is 2. The number of phosphoric acid groups is 1. The second-order valence-corrected chi connectivity index (χ2v) is 28.5. The van der Waals surface area contributed by atoms with E-state index in [0.29, 0.717) is 23.9 Å². The lowest BCUT2D eigenvalue weighted by molar-refractivity contribution is -0.870. The lowest BCUT2D eigenvalue weighted by Crippen LogP contribution is -2.37. The molecule has 0 bridgehead atoms. The number of carbonyl (C=O) groups excluding carboxylic acids is 2. The van der Waals surface area contributed by atoms with Gasteiger partial charge in [0.15, 0.2) is 6.10 Å². The molecule has 0 saturated carbocycles. The summed E-state index contributed by atoms with van der Waals surface area (Å²) in [7, 11) is 1.50. The Hall–Kier alpha value is -2.29. The van der Waals surface area contributed by atoms with E-state index in [-0.39, 0.29) is 25.6 Å². The van der Waals surface area contributed by atoms with E-state index >= 15 is 0 Å². The molecule has 9 nitrogen and oxygen atoms in total. The Bertz CT molecular complexity index is 1670. The van der Waals surface area contributed by atoms with Gasteiger partial charge < -0.3 is 18.9 Å². The average molecular weight is 1260 g/mol. The van der Waals surface area contributed by atoms with Gasteiger partial charge in [-0.15, -0.1) is 0 Å². The van der Waals surface area contributed by atoms with Crippen LogP contribution >= 0.6 is 7.82 Å². The van der Waals surface area contributed by atoms with Crippen molar-refractivity contribution in [2.45, 2.75) is 380 Å². The standard InChI is InChI=1S/C78H146NO8P/c1-6-8-10-12-14-16-18-20-22-24-26-28-30-32-34-36-38-39-41-43-45-47-49-51-53-55-57-59-61-63-65-67-69-71-78(81)87-76(75-86-88(82,83)85-73-72-79(3,4)5)74-84-77(80)70-68-66-64-62-60-58-56-54-52-50-48-46-44-42-40-37-35-33-31-29-27-25-23-21-19-17-15-13-11-9-7-2/h8,10,14,16,20,22,26,28,32,34,76H,6-7,9,11-13,15,17-19,21,23-25,27,29-31,33,35-75H2,1-5H3/p+1/b10-8-,16-14-,22-20-,28-26-,34-32-. The number of phosphoric ester groups is 1. The molecule has 0 aromatic rings. The third-order valence-corrected chi connectivity index (χ3v) is 18.0. The Morgan fingerprint density at radius 2 is 0.648 bits per heavy atom. The number of hydrogen-bond donors (Lipinski definition) is 1. The van der Waals surface area contributed by atoms with Gasteiger partial charge in [0, 0.05) is 12.8 Å². The van der Waals surface area contributed by atoms with Gasteiger partial charge in [0.2, 0.25) is 0 Å². The number of carbonyl (C=O) groups is 2. The lowest BCUT2D eigenvalue weighted by atomic mass is 10.0. The molecule has 0 heterocycles. The van der Waals surface area contributed by atoms with Crippen molar-refractivity contribution in [2.24, 2.45) is 0 Å². The maximum atomic E-state index is 12.9. The van der Waals surface area contributed by atoms with E-state index in [2.05, 4.69) is 74.6 Å². The van der Waals surface area contributed by atoms with Crippen molar-refractivity contribution in [1.29, 1.82) is 0 Å². The van der Waals surface area contributed by atoms with Crippen LogP contribution in [0, 0.1) is 0 Å². The zero-order valence-electron chi connectivity index (χ0n) is 59.0. The molecule has 0 radical (unpaired) electrons. The van der Waals surface area contributed by atoms with Crippen molar-refractivity contribution < 1.29 is 42.1 Å². The number of quaternary nitrogens is 1. The van der Waals surface area contributed by atoms with E-state index in [1.807, 2.05) is 21.1 Å². The highest BCUT2D eigenvalue weighted by molar-refractivity contribution is 7.47. The largest absolute Gasteiger partial charge is 0.472 e. The van der Waals surface area contributed by atoms with Gasteiger partial charge >= 0.3 is 19.8 Å². The Morgan fingerprint density at radius 1 is 0.364 bits per heavy atom. The normalized spacial score (nSPS) is 13.4. The summed E-state index contributed by atoms with van der Waals surface area (Å²) in [5, 5.41) is 0. The van der Waals surface area contributed by atoms with E-state index < -0.39 is 26.5 Å². The third kappa shape index (κ3) is 72.8. The predicted octanol–water partition coefficient (Wildman–Crippen LogP) is 24.9. The zero-order chi connectivity index (χ0) is 64.1. The Labute approximate surface area is 546 Å². The van der Waals surface area contributed by atoms with Crippen LogP contribution in [0.4, 0.5) is 0 Å². The Morgan fingerprint density at radius 3 is 0.966 bits per heavy atom. The van der Waals surface area contributed by atoms with Gasteiger partial charge in [-0.2, -0.15) is 0 Å². The molecule has 0 spiro atoms. The van der Waals surface area contributed by atoms with E-state index in [0.717, 1.165) is 64.2 Å². The van der Waals surface area contributed by atoms with Crippen LogP contribution in [0.5, 0.6) is 0 Å². The fraction of sp³-hybridized carbons (Fsp3) is 0.846. The molecule has 88 heavy (non-hydrogen) atoms. The summed E-state index contributed by atoms with van der Waals surface area (Å²) >= 11 is 0. The molecule has 2 unspecified atom stereocenters. The molecular weight excluding hydrogens is 1110 g/mol. The summed E-state index contributed by atoms with van der Waals surface area (Å²) in [5.74, 6) is -0.776. The number of likely N-dealkylation sites (N-methyl/N-ethyl adjacent to an activating group) is 1. The number of hydrogen-bond acceptors (Lipinski definition) is 7. The van der Waals surface area contributed by atoms with Crippen LogP contribution in [0.25, 0.3) is 0 Å². The highest BCUT2D eigenvalue weighted by Gasteiger charge is 2.27. The number of rotatable bonds is 71. The van der Waals surface area contributed by atoms with Crippen LogP contribution in [-0.4, -0.2) is 74.9 Å². The molecule has 2 atom stereocenters. The fourth-order valence-electron chi connectivity index (χ4n) is 11.3. The molecule has 0 aliphatic heterocycles. The molecule has 0 rings (SSSR count). The topological polar surface area (TPSA) is 108 Å². The van der Waals surface area contributed by atoms with Crippen molar-refractivity contribution in [2.75, 3.05) is 47.5 Å². The van der Waals surface area contributed by atoms with Gasteiger partial charge in [0.25, 0.3) is 0 Å². The molecule has 0 fully saturated rings. The first-order valence-electron chi connectivity index (χ1n) is 38.0. The maximum Gasteiger partial charge on any atom is 0.472 e. The van der Waals surface area contributed by atoms with Crippen molar-refractivity contribution in [3.8, 4) is 0 Å². The second-order valence-electron chi connectivity index (χ2n) is 27.0. The zero-order valence-corrected chi connectivity index (χ0v) is 59.9.